The monoisotopic (exact) mass is 188 g/mol. The Kier molecular flexibility index (Phi) is 6.68. The molecule has 1 amide bonds. The van der Waals surface area contributed by atoms with Crippen molar-refractivity contribution in [3.05, 3.63) is 0 Å². The van der Waals surface area contributed by atoms with Gasteiger partial charge in [0.25, 0.3) is 0 Å². The molecule has 0 aromatic carbocycles. The van der Waals surface area contributed by atoms with Crippen LogP contribution < -0.4 is 5.32 Å². The van der Waals surface area contributed by atoms with E-state index in [-0.39, 0.29) is 12.5 Å². The van der Waals surface area contributed by atoms with E-state index >= 15 is 0 Å². The molecule has 13 heavy (non-hydrogen) atoms. The minimum Gasteiger partial charge on any atom is -0.479 e. The van der Waals surface area contributed by atoms with Gasteiger partial charge in [0, 0.05) is 14.0 Å². The Hall–Kier alpha value is -1.26. The van der Waals surface area contributed by atoms with Crippen LogP contribution in [0.3, 0.4) is 0 Å². The fourth-order valence-corrected chi connectivity index (χ4v) is 0.635. The fraction of sp³-hybridized carbons (Fsp3) is 0.750. The van der Waals surface area contributed by atoms with E-state index < -0.39 is 0 Å². The molecule has 0 heterocycles. The summed E-state index contributed by atoms with van der Waals surface area (Å²) in [6.45, 7) is 4.39. The van der Waals surface area contributed by atoms with Crippen molar-refractivity contribution in [2.75, 3.05) is 20.3 Å². The standard InChI is InChI=1S/C8H16N2O3/c1-4-12-7(2)10-13-6-5-8(11)9-3/h4-6H2,1-3H3,(H,9,11)/b10-7+. The van der Waals surface area contributed by atoms with Crippen LogP contribution in [0.4, 0.5) is 0 Å². The van der Waals surface area contributed by atoms with Crippen molar-refractivity contribution < 1.29 is 14.4 Å². The molecule has 0 aliphatic heterocycles. The first-order chi connectivity index (χ1) is 6.20. The van der Waals surface area contributed by atoms with Crippen molar-refractivity contribution in [1.82, 2.24) is 5.32 Å². The third-order valence-electron chi connectivity index (χ3n) is 1.25. The van der Waals surface area contributed by atoms with Crippen LogP contribution in [0.5, 0.6) is 0 Å². The Balaban J connectivity index is 3.43. The fourth-order valence-electron chi connectivity index (χ4n) is 0.635. The van der Waals surface area contributed by atoms with Crippen LogP contribution in [0.1, 0.15) is 20.3 Å². The third kappa shape index (κ3) is 7.11. The predicted octanol–water partition coefficient (Wildman–Crippen LogP) is 0.509. The van der Waals surface area contributed by atoms with Gasteiger partial charge in [0.1, 0.15) is 6.61 Å². The predicted molar refractivity (Wildman–Crippen MR) is 49.4 cm³/mol. The van der Waals surface area contributed by atoms with Crippen molar-refractivity contribution in [1.29, 1.82) is 0 Å². The Bertz CT molecular complexity index is 180. The Morgan fingerprint density at radius 3 is 2.77 bits per heavy atom. The second-order valence-corrected chi connectivity index (χ2v) is 2.30. The molecule has 0 unspecified atom stereocenters. The molecule has 0 spiro atoms. The maximum Gasteiger partial charge on any atom is 0.223 e. The molecule has 1 N–H and O–H groups in total. The molecule has 0 aromatic heterocycles. The highest BCUT2D eigenvalue weighted by atomic mass is 16.6. The molecule has 0 atom stereocenters. The summed E-state index contributed by atoms with van der Waals surface area (Å²) in [7, 11) is 1.58. The highest BCUT2D eigenvalue weighted by molar-refractivity contribution is 5.75. The van der Waals surface area contributed by atoms with Crippen LogP contribution in [0.2, 0.25) is 0 Å². The van der Waals surface area contributed by atoms with Crippen LogP contribution in [0, 0.1) is 0 Å². The summed E-state index contributed by atoms with van der Waals surface area (Å²) in [5, 5.41) is 6.11. The second kappa shape index (κ2) is 7.39. The molecular formula is C8H16N2O3. The van der Waals surface area contributed by atoms with E-state index in [0.29, 0.717) is 18.9 Å². The summed E-state index contributed by atoms with van der Waals surface area (Å²) in [5.74, 6) is 0.406. The Morgan fingerprint density at radius 1 is 1.54 bits per heavy atom. The number of oxime groups is 1. The minimum atomic E-state index is -0.0655. The van der Waals surface area contributed by atoms with E-state index in [1.54, 1.807) is 14.0 Å². The normalized spacial score (nSPS) is 10.8. The number of carbonyl (C=O) groups excluding carboxylic acids is 1. The number of amides is 1. The van der Waals surface area contributed by atoms with Gasteiger partial charge < -0.3 is 14.9 Å². The van der Waals surface area contributed by atoms with Crippen LogP contribution in [-0.4, -0.2) is 32.1 Å². The van der Waals surface area contributed by atoms with Crippen molar-refractivity contribution in [2.24, 2.45) is 5.16 Å². The van der Waals surface area contributed by atoms with Crippen molar-refractivity contribution in [3.8, 4) is 0 Å². The topological polar surface area (TPSA) is 59.9 Å². The summed E-state index contributed by atoms with van der Waals surface area (Å²) in [5.41, 5.74) is 0. The first-order valence-corrected chi connectivity index (χ1v) is 4.20. The second-order valence-electron chi connectivity index (χ2n) is 2.30. The Morgan fingerprint density at radius 2 is 2.23 bits per heavy atom. The largest absolute Gasteiger partial charge is 0.479 e. The number of nitrogens with zero attached hydrogens (tertiary/aromatic N) is 1. The molecule has 0 saturated heterocycles. The lowest BCUT2D eigenvalue weighted by Gasteiger charge is -2.01. The van der Waals surface area contributed by atoms with Gasteiger partial charge in [-0.1, -0.05) is 5.16 Å². The van der Waals surface area contributed by atoms with Gasteiger partial charge in [-0.2, -0.15) is 0 Å². The molecule has 0 aromatic rings. The van der Waals surface area contributed by atoms with E-state index in [1.165, 1.54) is 0 Å². The number of hydrogen-bond donors (Lipinski definition) is 1. The van der Waals surface area contributed by atoms with Crippen LogP contribution in [0.25, 0.3) is 0 Å². The number of carbonyl (C=O) groups is 1. The number of ether oxygens (including phenoxy) is 1. The first kappa shape index (κ1) is 11.7. The third-order valence-corrected chi connectivity index (χ3v) is 1.25. The van der Waals surface area contributed by atoms with Gasteiger partial charge in [0.2, 0.25) is 11.8 Å². The average molecular weight is 188 g/mol. The zero-order valence-corrected chi connectivity index (χ0v) is 8.29. The summed E-state index contributed by atoms with van der Waals surface area (Å²) < 4.78 is 5.00. The van der Waals surface area contributed by atoms with Gasteiger partial charge in [0.05, 0.1) is 13.0 Å². The van der Waals surface area contributed by atoms with E-state index in [9.17, 15) is 4.79 Å². The van der Waals surface area contributed by atoms with Crippen LogP contribution in [-0.2, 0) is 14.4 Å². The maximum atomic E-state index is 10.7. The molecule has 5 nitrogen and oxygen atoms in total. The maximum absolute atomic E-state index is 10.7. The lowest BCUT2D eigenvalue weighted by Crippen LogP contribution is -2.18. The summed E-state index contributed by atoms with van der Waals surface area (Å²) >= 11 is 0. The van der Waals surface area contributed by atoms with Crippen molar-refractivity contribution >= 4 is 11.8 Å². The SMILES string of the molecule is CCO/C(C)=N/OCCC(=O)NC. The van der Waals surface area contributed by atoms with E-state index in [2.05, 4.69) is 10.5 Å². The lowest BCUT2D eigenvalue weighted by atomic mass is 10.4. The molecule has 76 valence electrons. The van der Waals surface area contributed by atoms with Gasteiger partial charge in [-0.3, -0.25) is 4.79 Å². The van der Waals surface area contributed by atoms with E-state index in [1.807, 2.05) is 6.92 Å². The number of hydrogen-bond acceptors (Lipinski definition) is 4. The van der Waals surface area contributed by atoms with Gasteiger partial charge in [0.15, 0.2) is 0 Å². The quantitative estimate of drug-likeness (QED) is 0.296. The van der Waals surface area contributed by atoms with Gasteiger partial charge in [-0.15, -0.1) is 0 Å². The molecule has 0 radical (unpaired) electrons. The lowest BCUT2D eigenvalue weighted by molar-refractivity contribution is -0.121. The average Bonchev–Trinajstić information content (AvgIpc) is 2.12. The van der Waals surface area contributed by atoms with Crippen molar-refractivity contribution in [2.45, 2.75) is 20.3 Å². The van der Waals surface area contributed by atoms with E-state index in [0.717, 1.165) is 0 Å². The number of nitrogens with one attached hydrogen (secondary N) is 1. The van der Waals surface area contributed by atoms with Crippen molar-refractivity contribution in [3.63, 3.8) is 0 Å². The van der Waals surface area contributed by atoms with Crippen LogP contribution in [0.15, 0.2) is 5.16 Å². The molecule has 5 heteroatoms. The molecule has 0 fully saturated rings. The zero-order chi connectivity index (χ0) is 10.1. The molecule has 0 bridgehead atoms. The summed E-state index contributed by atoms with van der Waals surface area (Å²) in [6, 6.07) is 0. The molecule has 0 saturated carbocycles. The van der Waals surface area contributed by atoms with Gasteiger partial charge in [-0.05, 0) is 6.92 Å². The smallest absolute Gasteiger partial charge is 0.223 e. The number of rotatable bonds is 5. The highest BCUT2D eigenvalue weighted by Crippen LogP contribution is 1.87. The summed E-state index contributed by atoms with van der Waals surface area (Å²) in [6.07, 6.45) is 0.305. The highest BCUT2D eigenvalue weighted by Gasteiger charge is 1.96. The van der Waals surface area contributed by atoms with Gasteiger partial charge in [-0.25, -0.2) is 0 Å². The Labute approximate surface area is 78.1 Å². The molecule has 0 aliphatic carbocycles. The molecule has 0 rings (SSSR count). The zero-order valence-electron chi connectivity index (χ0n) is 8.29. The van der Waals surface area contributed by atoms with E-state index in [4.69, 9.17) is 9.57 Å². The van der Waals surface area contributed by atoms with Gasteiger partial charge >= 0.3 is 0 Å². The van der Waals surface area contributed by atoms with Crippen LogP contribution >= 0.6 is 0 Å². The molecular weight excluding hydrogens is 172 g/mol. The summed E-state index contributed by atoms with van der Waals surface area (Å²) in [4.78, 5) is 15.5. The minimum absolute atomic E-state index is 0.0655. The molecule has 0 aliphatic rings. The first-order valence-electron chi connectivity index (χ1n) is 4.20.